The number of aromatic nitrogens is 3. The van der Waals surface area contributed by atoms with Crippen molar-refractivity contribution in [2.75, 3.05) is 7.11 Å². The van der Waals surface area contributed by atoms with Crippen LogP contribution < -0.4 is 4.74 Å². The van der Waals surface area contributed by atoms with Crippen LogP contribution in [0.5, 0.6) is 5.75 Å². The van der Waals surface area contributed by atoms with Gasteiger partial charge < -0.3 is 9.26 Å². The van der Waals surface area contributed by atoms with Gasteiger partial charge in [-0.05, 0) is 25.1 Å². The van der Waals surface area contributed by atoms with Crippen LogP contribution in [-0.4, -0.2) is 22.2 Å². The van der Waals surface area contributed by atoms with E-state index in [1.165, 1.54) is 0 Å². The highest BCUT2D eigenvalue weighted by molar-refractivity contribution is 7.09. The van der Waals surface area contributed by atoms with Crippen LogP contribution in [0.15, 0.2) is 58.4 Å². The van der Waals surface area contributed by atoms with Gasteiger partial charge in [-0.25, -0.2) is 4.98 Å². The van der Waals surface area contributed by atoms with Gasteiger partial charge in [-0.3, -0.25) is 0 Å². The summed E-state index contributed by atoms with van der Waals surface area (Å²) in [6.45, 7) is 2.00. The maximum absolute atomic E-state index is 5.40. The maximum atomic E-state index is 5.40. The second-order valence-electron chi connectivity index (χ2n) is 5.48. The first kappa shape index (κ1) is 15.5. The summed E-state index contributed by atoms with van der Waals surface area (Å²) in [4.78, 5) is 8.99. The van der Waals surface area contributed by atoms with Crippen LogP contribution in [0, 0.1) is 6.92 Å². The molecule has 0 radical (unpaired) electrons. The van der Waals surface area contributed by atoms with Crippen molar-refractivity contribution in [2.45, 2.75) is 6.92 Å². The Kier molecular flexibility index (Phi) is 4.03. The van der Waals surface area contributed by atoms with Crippen LogP contribution in [0.1, 0.15) is 5.01 Å². The van der Waals surface area contributed by atoms with Crippen LogP contribution in [0.4, 0.5) is 0 Å². The summed E-state index contributed by atoms with van der Waals surface area (Å²) in [5.41, 5.74) is 3.78. The Morgan fingerprint density at radius 2 is 1.76 bits per heavy atom. The van der Waals surface area contributed by atoms with Gasteiger partial charge in [0.1, 0.15) is 5.75 Å². The largest absolute Gasteiger partial charge is 0.497 e. The third kappa shape index (κ3) is 3.16. The SMILES string of the molecule is COc1cccc(-c2nc(-c3ccc(-c4csc(C)n4)cc3)no2)c1. The fourth-order valence-corrected chi connectivity index (χ4v) is 3.12. The predicted molar refractivity (Wildman–Crippen MR) is 97.6 cm³/mol. The molecule has 2 aromatic heterocycles. The molecule has 0 N–H and O–H groups in total. The highest BCUT2D eigenvalue weighted by Gasteiger charge is 2.12. The number of aryl methyl sites for hydroxylation is 1. The van der Waals surface area contributed by atoms with Gasteiger partial charge in [0.05, 0.1) is 17.8 Å². The average Bonchev–Trinajstić information content (AvgIpc) is 3.31. The summed E-state index contributed by atoms with van der Waals surface area (Å²) in [7, 11) is 1.63. The highest BCUT2D eigenvalue weighted by atomic mass is 32.1. The number of methoxy groups -OCH3 is 1. The molecular formula is C19H15N3O2S. The van der Waals surface area contributed by atoms with Gasteiger partial charge in [0.2, 0.25) is 5.82 Å². The Morgan fingerprint density at radius 1 is 0.960 bits per heavy atom. The molecular weight excluding hydrogens is 334 g/mol. The second kappa shape index (κ2) is 6.49. The first-order chi connectivity index (χ1) is 12.2. The van der Waals surface area contributed by atoms with Crippen LogP contribution >= 0.6 is 11.3 Å². The van der Waals surface area contributed by atoms with E-state index in [0.29, 0.717) is 11.7 Å². The zero-order valence-electron chi connectivity index (χ0n) is 13.8. The standard InChI is InChI=1S/C19H15N3O2S/c1-12-20-17(11-25-12)13-6-8-14(9-7-13)18-21-19(24-22-18)15-4-3-5-16(10-15)23-2/h3-11H,1-2H3. The van der Waals surface area contributed by atoms with Crippen molar-refractivity contribution in [3.05, 3.63) is 58.9 Å². The minimum absolute atomic E-state index is 0.466. The molecule has 4 rings (SSSR count). The van der Waals surface area contributed by atoms with Crippen LogP contribution in [0.2, 0.25) is 0 Å². The Hall–Kier alpha value is -2.99. The quantitative estimate of drug-likeness (QED) is 0.527. The predicted octanol–water partition coefficient (Wildman–Crippen LogP) is 4.84. The van der Waals surface area contributed by atoms with Gasteiger partial charge in [-0.1, -0.05) is 35.5 Å². The van der Waals surface area contributed by atoms with E-state index < -0.39 is 0 Å². The van der Waals surface area contributed by atoms with E-state index in [-0.39, 0.29) is 0 Å². The summed E-state index contributed by atoms with van der Waals surface area (Å²) >= 11 is 1.64. The van der Waals surface area contributed by atoms with E-state index in [9.17, 15) is 0 Å². The van der Waals surface area contributed by atoms with Gasteiger partial charge in [-0.2, -0.15) is 4.98 Å². The van der Waals surface area contributed by atoms with Crippen molar-refractivity contribution in [3.63, 3.8) is 0 Å². The highest BCUT2D eigenvalue weighted by Crippen LogP contribution is 2.27. The molecule has 0 unspecified atom stereocenters. The first-order valence-corrected chi connectivity index (χ1v) is 8.62. The lowest BCUT2D eigenvalue weighted by molar-refractivity contribution is 0.413. The molecule has 0 aliphatic heterocycles. The maximum Gasteiger partial charge on any atom is 0.258 e. The summed E-state index contributed by atoms with van der Waals surface area (Å²) < 4.78 is 10.6. The molecule has 0 bridgehead atoms. The summed E-state index contributed by atoms with van der Waals surface area (Å²) in [5.74, 6) is 1.77. The molecule has 0 fully saturated rings. The molecule has 0 saturated carbocycles. The Balaban J connectivity index is 1.61. The Morgan fingerprint density at radius 3 is 2.48 bits per heavy atom. The summed E-state index contributed by atoms with van der Waals surface area (Å²) in [6, 6.07) is 15.5. The Bertz CT molecular complexity index is 1010. The fourth-order valence-electron chi connectivity index (χ4n) is 2.50. The fraction of sp³-hybridized carbons (Fsp3) is 0.105. The zero-order valence-corrected chi connectivity index (χ0v) is 14.6. The van der Waals surface area contributed by atoms with Gasteiger partial charge in [0, 0.05) is 22.1 Å². The van der Waals surface area contributed by atoms with E-state index in [1.807, 2.05) is 55.5 Å². The molecule has 0 spiro atoms. The molecule has 2 heterocycles. The van der Waals surface area contributed by atoms with Crippen molar-refractivity contribution >= 4 is 11.3 Å². The van der Waals surface area contributed by atoms with Crippen LogP contribution in [0.3, 0.4) is 0 Å². The molecule has 6 heteroatoms. The molecule has 25 heavy (non-hydrogen) atoms. The van der Waals surface area contributed by atoms with Crippen LogP contribution in [-0.2, 0) is 0 Å². The van der Waals surface area contributed by atoms with Gasteiger partial charge >= 0.3 is 0 Å². The zero-order chi connectivity index (χ0) is 17.2. The third-order valence-electron chi connectivity index (χ3n) is 3.80. The molecule has 0 aliphatic carbocycles. The van der Waals surface area contributed by atoms with E-state index in [2.05, 4.69) is 20.5 Å². The monoisotopic (exact) mass is 349 g/mol. The van der Waals surface area contributed by atoms with E-state index >= 15 is 0 Å². The molecule has 0 aliphatic rings. The molecule has 0 atom stereocenters. The third-order valence-corrected chi connectivity index (χ3v) is 4.57. The van der Waals surface area contributed by atoms with E-state index in [4.69, 9.17) is 9.26 Å². The van der Waals surface area contributed by atoms with Crippen molar-refractivity contribution in [3.8, 4) is 39.8 Å². The van der Waals surface area contributed by atoms with E-state index in [0.717, 1.165) is 33.1 Å². The van der Waals surface area contributed by atoms with Gasteiger partial charge in [0.25, 0.3) is 5.89 Å². The average molecular weight is 349 g/mol. The number of benzene rings is 2. The smallest absolute Gasteiger partial charge is 0.258 e. The molecule has 5 nitrogen and oxygen atoms in total. The number of nitrogens with zero attached hydrogens (tertiary/aromatic N) is 3. The van der Waals surface area contributed by atoms with Gasteiger partial charge in [0.15, 0.2) is 0 Å². The minimum Gasteiger partial charge on any atom is -0.497 e. The molecule has 2 aromatic carbocycles. The molecule has 124 valence electrons. The number of hydrogen-bond acceptors (Lipinski definition) is 6. The first-order valence-electron chi connectivity index (χ1n) is 7.74. The second-order valence-corrected chi connectivity index (χ2v) is 6.55. The van der Waals surface area contributed by atoms with E-state index in [1.54, 1.807) is 18.4 Å². The summed E-state index contributed by atoms with van der Waals surface area (Å²) in [5, 5.41) is 7.20. The molecule has 4 aromatic rings. The minimum atomic E-state index is 0.466. The van der Waals surface area contributed by atoms with Crippen molar-refractivity contribution in [1.29, 1.82) is 0 Å². The van der Waals surface area contributed by atoms with Crippen molar-refractivity contribution < 1.29 is 9.26 Å². The Labute approximate surface area is 148 Å². The number of ether oxygens (including phenoxy) is 1. The number of thiazole rings is 1. The van der Waals surface area contributed by atoms with Crippen LogP contribution in [0.25, 0.3) is 34.1 Å². The lowest BCUT2D eigenvalue weighted by Crippen LogP contribution is -1.85. The van der Waals surface area contributed by atoms with Crippen molar-refractivity contribution in [2.24, 2.45) is 0 Å². The van der Waals surface area contributed by atoms with Crippen molar-refractivity contribution in [1.82, 2.24) is 15.1 Å². The lowest BCUT2D eigenvalue weighted by Gasteiger charge is -2.00. The molecule has 0 amide bonds. The number of hydrogen-bond donors (Lipinski definition) is 0. The summed E-state index contributed by atoms with van der Waals surface area (Å²) in [6.07, 6.45) is 0. The molecule has 0 saturated heterocycles. The normalized spacial score (nSPS) is 10.8. The topological polar surface area (TPSA) is 61.0 Å². The van der Waals surface area contributed by atoms with Gasteiger partial charge in [-0.15, -0.1) is 11.3 Å². The number of rotatable bonds is 4. The lowest BCUT2D eigenvalue weighted by atomic mass is 10.1.